The van der Waals surface area contributed by atoms with Gasteiger partial charge in [-0.25, -0.2) is 4.79 Å². The van der Waals surface area contributed by atoms with E-state index in [0.29, 0.717) is 28.5 Å². The molecule has 6 heteroatoms. The third kappa shape index (κ3) is 3.69. The number of methoxy groups -OCH3 is 1. The van der Waals surface area contributed by atoms with Crippen LogP contribution in [0.1, 0.15) is 50.9 Å². The van der Waals surface area contributed by atoms with E-state index in [2.05, 4.69) is 5.32 Å². The Kier molecular flexibility index (Phi) is 5.38. The molecule has 0 spiro atoms. The first-order valence-corrected chi connectivity index (χ1v) is 9.22. The number of esters is 1. The summed E-state index contributed by atoms with van der Waals surface area (Å²) in [6.45, 7) is 2.64. The van der Waals surface area contributed by atoms with Gasteiger partial charge in [-0.15, -0.1) is 11.3 Å². The molecule has 0 atom stereocenters. The first kappa shape index (κ1) is 17.5. The van der Waals surface area contributed by atoms with Crippen LogP contribution < -0.4 is 10.1 Å². The first-order chi connectivity index (χ1) is 12.1. The fourth-order valence-electron chi connectivity index (χ4n) is 2.93. The standard InChI is InChI=1S/C19H21NO4S/c1-3-10-24-13-7-4-6-12(11-13)17(21)20-18-16(19(22)23-2)14-8-5-9-15(14)25-18/h4,6-7,11H,3,5,8-10H2,1-2H3,(H,20,21). The predicted octanol–water partition coefficient (Wildman–Crippen LogP) is 4.06. The highest BCUT2D eigenvalue weighted by Crippen LogP contribution is 2.39. The molecule has 2 aromatic rings. The molecule has 25 heavy (non-hydrogen) atoms. The van der Waals surface area contributed by atoms with Gasteiger partial charge in [0.1, 0.15) is 10.8 Å². The van der Waals surface area contributed by atoms with Crippen molar-refractivity contribution in [2.24, 2.45) is 0 Å². The number of nitrogens with one attached hydrogen (secondary N) is 1. The number of hydrogen-bond acceptors (Lipinski definition) is 5. The van der Waals surface area contributed by atoms with Crippen LogP contribution in [-0.2, 0) is 17.6 Å². The third-order valence-corrected chi connectivity index (χ3v) is 5.31. The molecular formula is C19H21NO4S. The van der Waals surface area contributed by atoms with Gasteiger partial charge >= 0.3 is 5.97 Å². The van der Waals surface area contributed by atoms with Crippen molar-refractivity contribution in [3.05, 3.63) is 45.8 Å². The quantitative estimate of drug-likeness (QED) is 0.790. The van der Waals surface area contributed by atoms with Crippen LogP contribution in [0.25, 0.3) is 0 Å². The molecule has 1 aromatic heterocycles. The summed E-state index contributed by atoms with van der Waals surface area (Å²) in [5, 5.41) is 3.45. The molecule has 1 amide bonds. The van der Waals surface area contributed by atoms with Gasteiger partial charge in [0.2, 0.25) is 0 Å². The van der Waals surface area contributed by atoms with Crippen molar-refractivity contribution in [3.63, 3.8) is 0 Å². The van der Waals surface area contributed by atoms with E-state index in [4.69, 9.17) is 9.47 Å². The normalized spacial score (nSPS) is 12.6. The number of fused-ring (bicyclic) bond motifs is 1. The van der Waals surface area contributed by atoms with Crippen molar-refractivity contribution in [1.29, 1.82) is 0 Å². The molecule has 0 saturated carbocycles. The zero-order valence-corrected chi connectivity index (χ0v) is 15.2. The van der Waals surface area contributed by atoms with E-state index in [-0.39, 0.29) is 5.91 Å². The Balaban J connectivity index is 1.83. The van der Waals surface area contributed by atoms with Crippen LogP contribution in [0.4, 0.5) is 5.00 Å². The number of aryl methyl sites for hydroxylation is 1. The molecule has 0 unspecified atom stereocenters. The van der Waals surface area contributed by atoms with E-state index in [0.717, 1.165) is 36.1 Å². The fraction of sp³-hybridized carbons (Fsp3) is 0.368. The second-order valence-corrected chi connectivity index (χ2v) is 6.99. The van der Waals surface area contributed by atoms with E-state index in [9.17, 15) is 9.59 Å². The molecule has 0 bridgehead atoms. The van der Waals surface area contributed by atoms with Crippen molar-refractivity contribution in [1.82, 2.24) is 0 Å². The third-order valence-electron chi connectivity index (χ3n) is 4.11. The lowest BCUT2D eigenvalue weighted by molar-refractivity contribution is 0.0601. The summed E-state index contributed by atoms with van der Waals surface area (Å²) in [6, 6.07) is 7.05. The topological polar surface area (TPSA) is 64.6 Å². The van der Waals surface area contributed by atoms with Gasteiger partial charge in [-0.1, -0.05) is 13.0 Å². The molecule has 0 saturated heterocycles. The number of thiophene rings is 1. The maximum Gasteiger partial charge on any atom is 0.341 e. The first-order valence-electron chi connectivity index (χ1n) is 8.41. The Labute approximate surface area is 151 Å². The molecule has 132 valence electrons. The predicted molar refractivity (Wildman–Crippen MR) is 97.9 cm³/mol. The SMILES string of the molecule is CCCOc1cccc(C(=O)Nc2sc3c(c2C(=O)OC)CCC3)c1. The van der Waals surface area contributed by atoms with Crippen LogP contribution in [0, 0.1) is 0 Å². The molecule has 0 radical (unpaired) electrons. The summed E-state index contributed by atoms with van der Waals surface area (Å²) in [4.78, 5) is 25.9. The highest BCUT2D eigenvalue weighted by molar-refractivity contribution is 7.17. The summed E-state index contributed by atoms with van der Waals surface area (Å²) in [7, 11) is 1.36. The molecule has 5 nitrogen and oxygen atoms in total. The highest BCUT2D eigenvalue weighted by Gasteiger charge is 2.28. The largest absolute Gasteiger partial charge is 0.494 e. The summed E-state index contributed by atoms with van der Waals surface area (Å²) >= 11 is 1.47. The summed E-state index contributed by atoms with van der Waals surface area (Å²) < 4.78 is 10.5. The minimum Gasteiger partial charge on any atom is -0.494 e. The zero-order valence-electron chi connectivity index (χ0n) is 14.4. The average molecular weight is 359 g/mol. The number of anilines is 1. The van der Waals surface area contributed by atoms with Crippen LogP contribution in [-0.4, -0.2) is 25.6 Å². The second-order valence-electron chi connectivity index (χ2n) is 5.88. The number of benzene rings is 1. The Morgan fingerprint density at radius 3 is 2.88 bits per heavy atom. The van der Waals surface area contributed by atoms with E-state index in [1.807, 2.05) is 13.0 Å². The summed E-state index contributed by atoms with van der Waals surface area (Å²) in [5.74, 6) is 0.0121. The molecule has 1 heterocycles. The van der Waals surface area contributed by atoms with Crippen molar-refractivity contribution < 1.29 is 19.1 Å². The van der Waals surface area contributed by atoms with Gasteiger partial charge in [0.05, 0.1) is 19.3 Å². The lowest BCUT2D eigenvalue weighted by Crippen LogP contribution is -2.14. The van der Waals surface area contributed by atoms with Crippen molar-refractivity contribution in [3.8, 4) is 5.75 Å². The van der Waals surface area contributed by atoms with Crippen molar-refractivity contribution in [2.45, 2.75) is 32.6 Å². The lowest BCUT2D eigenvalue weighted by atomic mass is 10.1. The Bertz CT molecular complexity index is 797. The van der Waals surface area contributed by atoms with Gasteiger partial charge < -0.3 is 14.8 Å². The molecule has 1 N–H and O–H groups in total. The van der Waals surface area contributed by atoms with Crippen LogP contribution in [0.2, 0.25) is 0 Å². The van der Waals surface area contributed by atoms with Crippen LogP contribution in [0.15, 0.2) is 24.3 Å². The lowest BCUT2D eigenvalue weighted by Gasteiger charge is -2.09. The monoisotopic (exact) mass is 359 g/mol. The Morgan fingerprint density at radius 1 is 1.28 bits per heavy atom. The van der Waals surface area contributed by atoms with E-state index in [1.165, 1.54) is 18.4 Å². The molecule has 0 fully saturated rings. The number of carbonyl (C=O) groups is 2. The molecule has 0 aliphatic heterocycles. The van der Waals surface area contributed by atoms with Crippen LogP contribution >= 0.6 is 11.3 Å². The Morgan fingerprint density at radius 2 is 2.12 bits per heavy atom. The van der Waals surface area contributed by atoms with Gasteiger partial charge in [0, 0.05) is 10.4 Å². The molecule has 3 rings (SSSR count). The van der Waals surface area contributed by atoms with E-state index >= 15 is 0 Å². The van der Waals surface area contributed by atoms with Crippen LogP contribution in [0.5, 0.6) is 5.75 Å². The fourth-order valence-corrected chi connectivity index (χ4v) is 4.21. The number of amides is 1. The zero-order chi connectivity index (χ0) is 17.8. The number of rotatable bonds is 6. The average Bonchev–Trinajstić information content (AvgIpc) is 3.20. The van der Waals surface area contributed by atoms with Gasteiger partial charge in [0.15, 0.2) is 0 Å². The van der Waals surface area contributed by atoms with E-state index < -0.39 is 5.97 Å². The van der Waals surface area contributed by atoms with Crippen molar-refractivity contribution in [2.75, 3.05) is 19.0 Å². The van der Waals surface area contributed by atoms with Gasteiger partial charge in [-0.2, -0.15) is 0 Å². The maximum atomic E-state index is 12.6. The molecule has 1 aromatic carbocycles. The van der Waals surface area contributed by atoms with Gasteiger partial charge in [-0.3, -0.25) is 4.79 Å². The Hall–Kier alpha value is -2.34. The number of carbonyl (C=O) groups excluding carboxylic acids is 2. The van der Waals surface area contributed by atoms with Crippen molar-refractivity contribution >= 4 is 28.2 Å². The molecule has 1 aliphatic rings. The maximum absolute atomic E-state index is 12.6. The highest BCUT2D eigenvalue weighted by atomic mass is 32.1. The molecular weight excluding hydrogens is 338 g/mol. The summed E-state index contributed by atoms with van der Waals surface area (Å²) in [6.07, 6.45) is 3.74. The summed E-state index contributed by atoms with van der Waals surface area (Å²) in [5.41, 5.74) is 2.02. The second kappa shape index (κ2) is 7.70. The minimum atomic E-state index is -0.394. The smallest absolute Gasteiger partial charge is 0.341 e. The van der Waals surface area contributed by atoms with E-state index in [1.54, 1.807) is 18.2 Å². The van der Waals surface area contributed by atoms with Gasteiger partial charge in [-0.05, 0) is 49.4 Å². The minimum absolute atomic E-state index is 0.257. The molecule has 1 aliphatic carbocycles. The van der Waals surface area contributed by atoms with Crippen LogP contribution in [0.3, 0.4) is 0 Å². The number of hydrogen-bond donors (Lipinski definition) is 1. The number of ether oxygens (including phenoxy) is 2. The van der Waals surface area contributed by atoms with Gasteiger partial charge in [0.25, 0.3) is 5.91 Å².